The molecular formula is C28H27N3O7S. The number of benzene rings is 2. The van der Waals surface area contributed by atoms with Gasteiger partial charge in [0.2, 0.25) is 0 Å². The van der Waals surface area contributed by atoms with Crippen LogP contribution in [0.25, 0.3) is 22.6 Å². The van der Waals surface area contributed by atoms with Crippen molar-refractivity contribution in [1.29, 1.82) is 0 Å². The number of nitrogens with zero attached hydrogens (tertiary/aromatic N) is 3. The Balaban J connectivity index is 1.46. The van der Waals surface area contributed by atoms with Crippen molar-refractivity contribution in [3.8, 4) is 0 Å². The van der Waals surface area contributed by atoms with Crippen molar-refractivity contribution in [2.24, 2.45) is 0 Å². The third kappa shape index (κ3) is 5.53. The summed E-state index contributed by atoms with van der Waals surface area (Å²) >= 11 is 0. The molecule has 1 aromatic heterocycles. The van der Waals surface area contributed by atoms with E-state index in [1.54, 1.807) is 30.3 Å². The molecule has 2 aliphatic rings. The number of pyridine rings is 1. The zero-order valence-corrected chi connectivity index (χ0v) is 22.1. The van der Waals surface area contributed by atoms with Crippen molar-refractivity contribution in [3.63, 3.8) is 0 Å². The van der Waals surface area contributed by atoms with E-state index in [4.69, 9.17) is 9.72 Å². The molecule has 2 heterocycles. The number of hydrogen-bond donors (Lipinski definition) is 0. The van der Waals surface area contributed by atoms with E-state index in [1.807, 2.05) is 12.1 Å². The number of hydrogen-bond acceptors (Lipinski definition) is 8. The molecule has 1 aliphatic carbocycles. The van der Waals surface area contributed by atoms with Crippen molar-refractivity contribution >= 4 is 50.0 Å². The number of fused-ring (bicyclic) bond motifs is 2. The van der Waals surface area contributed by atoms with Gasteiger partial charge in [0.05, 0.1) is 33.2 Å². The molecule has 5 rings (SSSR count). The van der Waals surface area contributed by atoms with E-state index >= 15 is 0 Å². The minimum absolute atomic E-state index is 0.0130. The lowest BCUT2D eigenvalue weighted by Gasteiger charge is -2.24. The molecule has 0 spiro atoms. The quantitative estimate of drug-likeness (QED) is 0.257. The van der Waals surface area contributed by atoms with Gasteiger partial charge in [-0.2, -0.15) is 0 Å². The number of nitro benzene ring substituents is 1. The Labute approximate surface area is 225 Å². The largest absolute Gasteiger partial charge is 0.452 e. The Hall–Kier alpha value is -4.12. The second-order valence-electron chi connectivity index (χ2n) is 9.84. The predicted octanol–water partition coefficient (Wildman–Crippen LogP) is 3.82. The Morgan fingerprint density at radius 1 is 1.18 bits per heavy atom. The van der Waals surface area contributed by atoms with Crippen molar-refractivity contribution < 1.29 is 27.7 Å². The molecule has 0 unspecified atom stereocenters. The summed E-state index contributed by atoms with van der Waals surface area (Å²) < 4.78 is 29.1. The monoisotopic (exact) mass is 549 g/mol. The number of aromatic nitrogens is 1. The standard InChI is InChI=1S/C28H27N3O7S/c1-30(21-12-13-39(36,37)17-21)25(32)16-38-28(33)26-22-9-2-3-11-24(22)29-27-19(7-5-10-23(26)27)14-18-6-4-8-20(15-18)31(34)35/h2-4,6,8-9,11,14-15,21H,5,7,10,12-13,16-17H2,1H3/b19-14+/t21-/m0/s1. The first-order valence-corrected chi connectivity index (χ1v) is 14.5. The fourth-order valence-electron chi connectivity index (χ4n) is 5.22. The lowest BCUT2D eigenvalue weighted by molar-refractivity contribution is -0.384. The number of amides is 1. The number of non-ortho nitro benzene ring substituents is 1. The van der Waals surface area contributed by atoms with Gasteiger partial charge in [0, 0.05) is 30.6 Å². The van der Waals surface area contributed by atoms with E-state index in [2.05, 4.69) is 0 Å². The molecule has 0 saturated carbocycles. The number of allylic oxidation sites excluding steroid dienone is 1. The predicted molar refractivity (Wildman–Crippen MR) is 146 cm³/mol. The Morgan fingerprint density at radius 2 is 1.97 bits per heavy atom. The highest BCUT2D eigenvalue weighted by molar-refractivity contribution is 7.91. The molecule has 39 heavy (non-hydrogen) atoms. The fraction of sp³-hybridized carbons (Fsp3) is 0.321. The molecule has 0 radical (unpaired) electrons. The zero-order valence-electron chi connectivity index (χ0n) is 21.3. The van der Waals surface area contributed by atoms with Gasteiger partial charge in [0.15, 0.2) is 16.4 Å². The SMILES string of the molecule is CN(C(=O)COC(=O)c1c2c(nc3ccccc13)/C(=C/c1cccc([N+](=O)[O-])c1)CCC2)[C@H]1CCS(=O)(=O)C1. The first-order chi connectivity index (χ1) is 18.6. The summed E-state index contributed by atoms with van der Waals surface area (Å²) in [6, 6.07) is 13.1. The highest BCUT2D eigenvalue weighted by atomic mass is 32.2. The van der Waals surface area contributed by atoms with Crippen molar-refractivity contribution in [2.45, 2.75) is 31.7 Å². The number of nitro groups is 1. The number of sulfone groups is 1. The van der Waals surface area contributed by atoms with E-state index in [-0.39, 0.29) is 17.2 Å². The summed E-state index contributed by atoms with van der Waals surface area (Å²) in [6.07, 6.45) is 4.23. The first kappa shape index (κ1) is 26.5. The summed E-state index contributed by atoms with van der Waals surface area (Å²) in [7, 11) is -1.64. The molecule has 1 fully saturated rings. The molecule has 0 N–H and O–H groups in total. The maximum Gasteiger partial charge on any atom is 0.339 e. The van der Waals surface area contributed by atoms with Gasteiger partial charge >= 0.3 is 5.97 Å². The summed E-state index contributed by atoms with van der Waals surface area (Å²) in [4.78, 5) is 43.2. The zero-order chi connectivity index (χ0) is 27.7. The molecule has 0 bridgehead atoms. The van der Waals surface area contributed by atoms with Gasteiger partial charge < -0.3 is 9.64 Å². The lowest BCUT2D eigenvalue weighted by Crippen LogP contribution is -2.40. The topological polar surface area (TPSA) is 137 Å². The number of rotatable bonds is 6. The Morgan fingerprint density at radius 3 is 2.72 bits per heavy atom. The number of ether oxygens (including phenoxy) is 1. The van der Waals surface area contributed by atoms with E-state index in [9.17, 15) is 28.1 Å². The van der Waals surface area contributed by atoms with Gasteiger partial charge in [-0.15, -0.1) is 0 Å². The van der Waals surface area contributed by atoms with Crippen LogP contribution in [0, 0.1) is 10.1 Å². The molecule has 1 saturated heterocycles. The second kappa shape index (κ2) is 10.6. The second-order valence-corrected chi connectivity index (χ2v) is 12.1. The molecule has 10 nitrogen and oxygen atoms in total. The number of para-hydroxylation sites is 1. The van der Waals surface area contributed by atoms with Crippen LogP contribution in [0.1, 0.15) is 46.4 Å². The third-order valence-corrected chi connectivity index (χ3v) is 9.02. The van der Waals surface area contributed by atoms with Crippen molar-refractivity contribution in [2.75, 3.05) is 25.2 Å². The summed E-state index contributed by atoms with van der Waals surface area (Å²) in [5.74, 6) is -1.17. The third-order valence-electron chi connectivity index (χ3n) is 7.27. The van der Waals surface area contributed by atoms with Gasteiger partial charge in [-0.1, -0.05) is 30.3 Å². The molecule has 202 valence electrons. The van der Waals surface area contributed by atoms with E-state index < -0.39 is 39.3 Å². The van der Waals surface area contributed by atoms with Crippen molar-refractivity contribution in [3.05, 3.63) is 81.0 Å². The summed E-state index contributed by atoms with van der Waals surface area (Å²) in [5, 5.41) is 11.8. The van der Waals surface area contributed by atoms with Crippen LogP contribution < -0.4 is 0 Å². The van der Waals surface area contributed by atoms with Gasteiger partial charge in [-0.25, -0.2) is 18.2 Å². The molecule has 11 heteroatoms. The van der Waals surface area contributed by atoms with Gasteiger partial charge in [0.25, 0.3) is 11.6 Å². The van der Waals surface area contributed by atoms with Gasteiger partial charge in [-0.3, -0.25) is 14.9 Å². The molecule has 1 aliphatic heterocycles. The Bertz CT molecular complexity index is 1630. The first-order valence-electron chi connectivity index (χ1n) is 12.6. The summed E-state index contributed by atoms with van der Waals surface area (Å²) in [5.41, 5.74) is 3.79. The normalized spacial score (nSPS) is 19.0. The maximum atomic E-state index is 13.5. The maximum absolute atomic E-state index is 13.5. The van der Waals surface area contributed by atoms with Crippen LogP contribution >= 0.6 is 0 Å². The summed E-state index contributed by atoms with van der Waals surface area (Å²) in [6.45, 7) is -0.506. The minimum Gasteiger partial charge on any atom is -0.452 e. The molecule has 3 aromatic rings. The van der Waals surface area contributed by atoms with Gasteiger partial charge in [0.1, 0.15) is 0 Å². The molecule has 1 amide bonds. The highest BCUT2D eigenvalue weighted by Crippen LogP contribution is 2.36. The van der Waals surface area contributed by atoms with Crippen LogP contribution in [-0.2, 0) is 25.8 Å². The van der Waals surface area contributed by atoms with Crippen LogP contribution in [0.2, 0.25) is 0 Å². The molecule has 2 aromatic carbocycles. The van der Waals surface area contributed by atoms with Crippen molar-refractivity contribution in [1.82, 2.24) is 9.88 Å². The number of esters is 1. The average molecular weight is 550 g/mol. The van der Waals surface area contributed by atoms with Crippen LogP contribution in [0.15, 0.2) is 48.5 Å². The molecule has 1 atom stereocenters. The lowest BCUT2D eigenvalue weighted by atomic mass is 9.86. The van der Waals surface area contributed by atoms with E-state index in [0.717, 1.165) is 12.0 Å². The average Bonchev–Trinajstić information content (AvgIpc) is 3.29. The fourth-order valence-corrected chi connectivity index (χ4v) is 7.00. The van der Waals surface area contributed by atoms with Crippen LogP contribution in [0.4, 0.5) is 5.69 Å². The van der Waals surface area contributed by atoms with Crippen LogP contribution in [0.5, 0.6) is 0 Å². The van der Waals surface area contributed by atoms with E-state index in [1.165, 1.54) is 24.1 Å². The van der Waals surface area contributed by atoms with Crippen LogP contribution in [-0.4, -0.2) is 66.3 Å². The van der Waals surface area contributed by atoms with Crippen LogP contribution in [0.3, 0.4) is 0 Å². The molecular weight excluding hydrogens is 522 g/mol. The van der Waals surface area contributed by atoms with Gasteiger partial charge in [-0.05, 0) is 54.5 Å². The number of likely N-dealkylation sites (N-methyl/N-ethyl adjacent to an activating group) is 1. The minimum atomic E-state index is -3.16. The number of carbonyl (C=O) groups excluding carboxylic acids is 2. The smallest absolute Gasteiger partial charge is 0.339 e. The highest BCUT2D eigenvalue weighted by Gasteiger charge is 2.33. The van der Waals surface area contributed by atoms with E-state index in [0.29, 0.717) is 52.5 Å². The Kier molecular flexibility index (Phi) is 7.17. The number of carbonyl (C=O) groups is 2.